The Morgan fingerprint density at radius 3 is 2.24 bits per heavy atom. The number of piperazine rings is 1. The van der Waals surface area contributed by atoms with Crippen molar-refractivity contribution in [1.29, 1.82) is 5.26 Å². The van der Waals surface area contributed by atoms with Gasteiger partial charge in [0.15, 0.2) is 40.0 Å². The normalized spacial score (nSPS) is 24.7. The highest BCUT2D eigenvalue weighted by Crippen LogP contribution is 2.65. The average Bonchev–Trinajstić information content (AvgIpc) is 3.82. The van der Waals surface area contributed by atoms with Crippen LogP contribution in [0.4, 0.5) is 14.4 Å². The molecule has 3 aromatic carbocycles. The second-order valence-corrected chi connectivity index (χ2v) is 18.2. The molecule has 7 atom stereocenters. The van der Waals surface area contributed by atoms with Gasteiger partial charge in [0, 0.05) is 53.6 Å². The Labute approximate surface area is 406 Å². The maximum atomic E-state index is 15.6. The summed E-state index contributed by atoms with van der Waals surface area (Å²) in [6.45, 7) is 14.6. The molecule has 0 radical (unpaired) electrons. The molecule has 0 saturated carbocycles. The topological polar surface area (TPSA) is 220 Å². The Morgan fingerprint density at radius 1 is 0.857 bits per heavy atom. The molecule has 2 fully saturated rings. The first-order valence-electron chi connectivity index (χ1n) is 22.0. The fourth-order valence-corrected chi connectivity index (χ4v) is 12.9. The lowest BCUT2D eigenvalue weighted by Crippen LogP contribution is -2.69. The van der Waals surface area contributed by atoms with E-state index in [1.807, 2.05) is 24.9 Å². The van der Waals surface area contributed by atoms with Crippen LogP contribution < -0.4 is 33.2 Å². The molecule has 3 aromatic rings. The Bertz CT molecular complexity index is 2830. The van der Waals surface area contributed by atoms with E-state index >= 15 is 4.79 Å². The van der Waals surface area contributed by atoms with E-state index < -0.39 is 77.9 Å². The van der Waals surface area contributed by atoms with Crippen LogP contribution in [0.3, 0.4) is 0 Å². The summed E-state index contributed by atoms with van der Waals surface area (Å²) in [5.41, 5.74) is 2.16. The zero-order valence-corrected chi connectivity index (χ0v) is 39.8. The Kier molecular flexibility index (Phi) is 12.6. The fraction of sp³-hybridized carbons (Fsp3) is 0.388. The number of carbonyl (C=O) groups excluding carboxylic acids is 5. The molecule has 1 unspecified atom stereocenters. The number of thioether (sulfide) groups is 1. The third-order valence-corrected chi connectivity index (χ3v) is 15.2. The van der Waals surface area contributed by atoms with E-state index in [0.29, 0.717) is 51.3 Å². The number of amides is 1. The summed E-state index contributed by atoms with van der Waals surface area (Å²) in [5, 5.41) is 10.5. The molecule has 70 heavy (non-hydrogen) atoms. The molecule has 0 aromatic heterocycles. The summed E-state index contributed by atoms with van der Waals surface area (Å²) >= 11 is 1.23. The number of benzene rings is 3. The van der Waals surface area contributed by atoms with Crippen molar-refractivity contribution in [2.24, 2.45) is 0 Å². The lowest BCUT2D eigenvalue weighted by molar-refractivity contribution is -0.162. The molecular weight excluding hydrogens is 933 g/mol. The number of hydrogen-bond acceptors (Lipinski definition) is 20. The van der Waals surface area contributed by atoms with Crippen LogP contribution in [0.1, 0.15) is 68.8 Å². The van der Waals surface area contributed by atoms with E-state index in [4.69, 9.17) is 52.1 Å². The van der Waals surface area contributed by atoms with Gasteiger partial charge in [0.25, 0.3) is 0 Å². The number of likely N-dealkylation sites (N-methyl/N-ethyl adjacent to an activating group) is 1. The standard InChI is InChI=1S/C49H48N4O16S/c1-10-61-46(56)52-14-13-26-17-33(68-47(57)62-11-2)32(59-8)18-28(26)49(52)21-70-44-36-35(42-41(65-22-66-42)24(5)40(36)67-25(6)54)31(20-64-45(49)55)53-30(19-50)29-16-27-15-23(4)39(60-9)43(69-48(58)63-12-3)34(27)37(38(44)53)51(29)7/h10-12,15,17-18,29-31,37-38,44H,1-3,13-14,16,20-22H2,4-9H3/t29-,30+,31+,37+,38?,44-,49-/m1/s1. The van der Waals surface area contributed by atoms with Gasteiger partial charge >= 0.3 is 30.3 Å². The van der Waals surface area contributed by atoms with E-state index in [9.17, 15) is 24.4 Å². The smallest absolute Gasteiger partial charge is 0.493 e. The number of esters is 2. The SMILES string of the molecule is C=COC(=O)Oc1cc2c(cc1OC)[C@@]1(CS[C@@H]3c4c(OC(C)=O)c(C)c5c(c4[C@H](COC1=O)N1C3[C@@H]3c4c(cc(C)c(OC)c4OC(=O)OC=C)C[C@H]([C@@H]1C#N)N3C)OCO5)N(C(=O)OC=C)CC2. The number of nitrogens with zero attached hydrogens (tertiary/aromatic N) is 4. The summed E-state index contributed by atoms with van der Waals surface area (Å²) in [4.78, 5) is 74.4. The van der Waals surface area contributed by atoms with E-state index in [2.05, 4.69) is 30.7 Å². The molecule has 0 N–H and O–H groups in total. The fourth-order valence-electron chi connectivity index (χ4n) is 11.2. The molecule has 21 heteroatoms. The minimum Gasteiger partial charge on any atom is -0.493 e. The molecule has 366 valence electrons. The van der Waals surface area contributed by atoms with Crippen molar-refractivity contribution in [3.05, 3.63) is 101 Å². The first-order chi connectivity index (χ1) is 33.7. The number of nitriles is 1. The predicted octanol–water partition coefficient (Wildman–Crippen LogP) is 6.89. The van der Waals surface area contributed by atoms with Crippen molar-refractivity contribution in [3.63, 3.8) is 0 Å². The number of methoxy groups -OCH3 is 2. The Balaban J connectivity index is 1.34. The van der Waals surface area contributed by atoms with Crippen LogP contribution in [0, 0.1) is 25.2 Å². The van der Waals surface area contributed by atoms with Crippen molar-refractivity contribution in [2.75, 3.05) is 47.0 Å². The summed E-state index contributed by atoms with van der Waals surface area (Å²) in [6.07, 6.45) is 0.197. The zero-order chi connectivity index (χ0) is 49.9. The van der Waals surface area contributed by atoms with Gasteiger partial charge in [0.2, 0.25) is 6.79 Å². The molecule has 1 amide bonds. The van der Waals surface area contributed by atoms with E-state index in [-0.39, 0.29) is 59.8 Å². The highest BCUT2D eigenvalue weighted by molar-refractivity contribution is 7.99. The van der Waals surface area contributed by atoms with Crippen LogP contribution in [0.15, 0.2) is 56.7 Å². The van der Waals surface area contributed by atoms with Crippen molar-refractivity contribution in [2.45, 2.75) is 74.6 Å². The van der Waals surface area contributed by atoms with Gasteiger partial charge in [-0.1, -0.05) is 25.8 Å². The van der Waals surface area contributed by atoms with E-state index in [1.165, 1.54) is 49.9 Å². The van der Waals surface area contributed by atoms with Crippen LogP contribution in [-0.4, -0.2) is 110 Å². The first kappa shape index (κ1) is 47.6. The molecule has 7 heterocycles. The minimum atomic E-state index is -2.01. The maximum absolute atomic E-state index is 15.6. The van der Waals surface area contributed by atoms with Crippen molar-refractivity contribution < 1.29 is 76.1 Å². The predicted molar refractivity (Wildman–Crippen MR) is 245 cm³/mol. The maximum Gasteiger partial charge on any atom is 0.518 e. The monoisotopic (exact) mass is 980 g/mol. The summed E-state index contributed by atoms with van der Waals surface area (Å²) < 4.78 is 63.6. The molecular formula is C49H48N4O16S. The molecule has 2 saturated heterocycles. The largest absolute Gasteiger partial charge is 0.518 e. The van der Waals surface area contributed by atoms with Gasteiger partial charge in [-0.05, 0) is 68.1 Å². The second kappa shape index (κ2) is 18.5. The van der Waals surface area contributed by atoms with Crippen LogP contribution in [0.25, 0.3) is 0 Å². The van der Waals surface area contributed by atoms with Gasteiger partial charge in [0.1, 0.15) is 18.4 Å². The second-order valence-electron chi connectivity index (χ2n) is 17.1. The molecule has 10 rings (SSSR count). The summed E-state index contributed by atoms with van der Waals surface area (Å²) in [7, 11) is 4.68. The van der Waals surface area contributed by atoms with Crippen LogP contribution in [0.5, 0.6) is 40.2 Å². The van der Waals surface area contributed by atoms with Crippen LogP contribution >= 0.6 is 11.8 Å². The highest BCUT2D eigenvalue weighted by Gasteiger charge is 2.63. The quantitative estimate of drug-likeness (QED) is 0.0737. The highest BCUT2D eigenvalue weighted by atomic mass is 32.2. The number of rotatable bonds is 8. The van der Waals surface area contributed by atoms with E-state index in [0.717, 1.165) is 24.3 Å². The van der Waals surface area contributed by atoms with Gasteiger partial charge in [-0.3, -0.25) is 19.5 Å². The molecule has 4 bridgehead atoms. The number of ether oxygens (including phenoxy) is 11. The number of fused-ring (bicyclic) bond motifs is 9. The minimum absolute atomic E-state index is 0.00821. The molecule has 7 aliphatic heterocycles. The third-order valence-electron chi connectivity index (χ3n) is 13.8. The Hall–Kier alpha value is -7.41. The van der Waals surface area contributed by atoms with Gasteiger partial charge in [0.05, 0.1) is 56.4 Å². The molecule has 1 spiro atoms. The van der Waals surface area contributed by atoms with Gasteiger partial charge in [-0.15, -0.1) is 11.8 Å². The van der Waals surface area contributed by atoms with Crippen molar-refractivity contribution >= 4 is 42.1 Å². The average molecular weight is 981 g/mol. The third kappa shape index (κ3) is 7.31. The summed E-state index contributed by atoms with van der Waals surface area (Å²) in [6, 6.07) is 3.63. The molecule has 20 nitrogen and oxygen atoms in total. The van der Waals surface area contributed by atoms with Gasteiger partial charge in [-0.2, -0.15) is 5.26 Å². The van der Waals surface area contributed by atoms with Crippen LogP contribution in [-0.2, 0) is 46.9 Å². The van der Waals surface area contributed by atoms with Gasteiger partial charge in [-0.25, -0.2) is 19.2 Å². The lowest BCUT2D eigenvalue weighted by Gasteiger charge is -2.62. The van der Waals surface area contributed by atoms with Crippen molar-refractivity contribution in [1.82, 2.24) is 14.7 Å². The zero-order valence-electron chi connectivity index (χ0n) is 39.0. The van der Waals surface area contributed by atoms with Gasteiger partial charge < -0.3 is 52.1 Å². The number of carbonyl (C=O) groups is 5. The number of hydrogen-bond donors (Lipinski definition) is 0. The lowest BCUT2D eigenvalue weighted by atomic mass is 9.71. The van der Waals surface area contributed by atoms with Crippen LogP contribution in [0.2, 0.25) is 0 Å². The molecule has 0 aliphatic carbocycles. The first-order valence-corrected chi connectivity index (χ1v) is 23.1. The Morgan fingerprint density at radius 2 is 1.57 bits per heavy atom. The summed E-state index contributed by atoms with van der Waals surface area (Å²) in [5.74, 6) is -0.650. The van der Waals surface area contributed by atoms with E-state index in [1.54, 1.807) is 6.92 Å². The number of aryl methyl sites for hydroxylation is 1. The molecule has 7 aliphatic rings. The van der Waals surface area contributed by atoms with Crippen molar-refractivity contribution in [3.8, 4) is 46.3 Å².